The lowest BCUT2D eigenvalue weighted by Gasteiger charge is -2.48. The fourth-order valence-corrected chi connectivity index (χ4v) is 18.2. The van der Waals surface area contributed by atoms with Gasteiger partial charge in [0, 0.05) is 57.9 Å². The summed E-state index contributed by atoms with van der Waals surface area (Å²) in [5, 5.41) is 64.3. The van der Waals surface area contributed by atoms with E-state index in [9.17, 15) is 30.3 Å². The van der Waals surface area contributed by atoms with Crippen LogP contribution in [-0.2, 0) is 33.2 Å². The molecule has 0 bridgehead atoms. The van der Waals surface area contributed by atoms with Crippen molar-refractivity contribution in [2.24, 2.45) is 23.2 Å². The third-order valence-corrected chi connectivity index (χ3v) is 23.5. The molecule has 0 amide bonds. The molecule has 3 aromatic rings. The van der Waals surface area contributed by atoms with Gasteiger partial charge in [0.15, 0.2) is 12.6 Å². The van der Waals surface area contributed by atoms with Gasteiger partial charge in [0.25, 0.3) is 0 Å². The molecule has 3 aliphatic heterocycles. The van der Waals surface area contributed by atoms with Crippen LogP contribution in [0.2, 0.25) is 0 Å². The summed E-state index contributed by atoms with van der Waals surface area (Å²) < 4.78 is 38.9. The molecule has 5 N–H and O–H groups in total. The van der Waals surface area contributed by atoms with Gasteiger partial charge in [-0.25, -0.2) is 0 Å². The van der Waals surface area contributed by atoms with Crippen LogP contribution in [0.4, 0.5) is 5.69 Å². The predicted molar refractivity (Wildman–Crippen MR) is 330 cm³/mol. The first-order valence-electron chi connectivity index (χ1n) is 30.7. The summed E-state index contributed by atoms with van der Waals surface area (Å²) in [4.78, 5) is 21.3. The number of unbranched alkanes of at least 4 members (excludes halogenated alkanes) is 5. The third-order valence-electron chi connectivity index (χ3n) is 18.9. The highest BCUT2D eigenvalue weighted by Gasteiger charge is 2.53. The molecule has 462 valence electrons. The normalized spacial score (nSPS) is 35.9. The van der Waals surface area contributed by atoms with E-state index in [1.54, 1.807) is 34.6 Å². The Morgan fingerprint density at radius 2 is 1.32 bits per heavy atom. The largest absolute Gasteiger partial charge is 0.461 e. The Labute approximate surface area is 493 Å². The summed E-state index contributed by atoms with van der Waals surface area (Å²) in [6.07, 6.45) is -0.710. The lowest BCUT2D eigenvalue weighted by molar-refractivity contribution is -0.318. The maximum atomic E-state index is 14.9. The lowest BCUT2D eigenvalue weighted by Crippen LogP contribution is -2.60. The zero-order chi connectivity index (χ0) is 60.3. The molecule has 3 heterocycles. The van der Waals surface area contributed by atoms with E-state index in [1.807, 2.05) is 46.7 Å². The fraction of sp³-hybridized carbons (Fsp3) is 0.712. The van der Waals surface area contributed by atoms with Crippen molar-refractivity contribution in [1.29, 1.82) is 0 Å². The van der Waals surface area contributed by atoms with Crippen molar-refractivity contribution in [1.82, 2.24) is 9.80 Å². The van der Waals surface area contributed by atoms with Gasteiger partial charge >= 0.3 is 5.97 Å². The van der Waals surface area contributed by atoms with Gasteiger partial charge in [0.1, 0.15) is 41.5 Å². The van der Waals surface area contributed by atoms with Crippen molar-refractivity contribution in [3.8, 4) is 0 Å². The molecule has 3 saturated heterocycles. The second kappa shape index (κ2) is 30.0. The van der Waals surface area contributed by atoms with E-state index < -0.39 is 110 Å². The Bertz CT molecular complexity index is 2330. The summed E-state index contributed by atoms with van der Waals surface area (Å²) >= 11 is 0. The zero-order valence-corrected chi connectivity index (χ0v) is 53.4. The number of aliphatic hydroxyl groups is 5. The lowest BCUT2D eigenvalue weighted by atomic mass is 9.75. The van der Waals surface area contributed by atoms with Crippen molar-refractivity contribution in [3.63, 3.8) is 0 Å². The Morgan fingerprint density at radius 1 is 0.744 bits per heavy atom. The third kappa shape index (κ3) is 15.9. The van der Waals surface area contributed by atoms with E-state index in [-0.39, 0.29) is 30.9 Å². The highest BCUT2D eigenvalue weighted by atomic mass is 31.2. The first-order chi connectivity index (χ1) is 38.8. The highest BCUT2D eigenvalue weighted by Crippen LogP contribution is 2.56. The minimum atomic E-state index is -1.98. The maximum absolute atomic E-state index is 14.9. The SMILES string of the molecule is CC[C@H]1OC(=O)[C@H](C)[C@@H](O[C@H]2C[C@@](C)(OC)[C@@H](O)[C@H](C)O2)[C@H](C)[C@@H](O[C@@H]2O[C@H](C)C[C@H](N(C)C)[C@H]2O)[C@](C)(O)C[C@@H](C)CN(CCCCCCCC[P+](c2ccccc2)(c2ccccc2)c2ccc(N(C)C)cc2)[C@H](C)[C@@H](O)[C@]1(C)CO. The minimum Gasteiger partial charge on any atom is -0.461 e. The molecule has 0 spiro atoms. The number of hydrogen-bond donors (Lipinski definition) is 5. The molecule has 0 unspecified atom stereocenters. The number of likely N-dealkylation sites (N-methyl/N-ethyl adjacent to an activating group) is 1. The van der Waals surface area contributed by atoms with E-state index in [2.05, 4.69) is 116 Å². The van der Waals surface area contributed by atoms with Crippen molar-refractivity contribution < 1.29 is 58.7 Å². The van der Waals surface area contributed by atoms with Crippen molar-refractivity contribution in [3.05, 3.63) is 84.9 Å². The molecular formula is C66H107N3O12P+. The van der Waals surface area contributed by atoms with Crippen LogP contribution in [-0.4, -0.2) is 187 Å². The summed E-state index contributed by atoms with van der Waals surface area (Å²) in [7, 11) is 7.54. The number of carbonyl (C=O) groups is 1. The summed E-state index contributed by atoms with van der Waals surface area (Å²) in [5.41, 5.74) is -2.72. The van der Waals surface area contributed by atoms with E-state index >= 15 is 0 Å². The molecule has 3 aromatic carbocycles. The molecule has 0 radical (unpaired) electrons. The van der Waals surface area contributed by atoms with Crippen molar-refractivity contribution >= 4 is 34.8 Å². The molecule has 18 atom stereocenters. The zero-order valence-electron chi connectivity index (χ0n) is 52.5. The summed E-state index contributed by atoms with van der Waals surface area (Å²) in [5.74, 6) is -2.57. The first-order valence-corrected chi connectivity index (χ1v) is 32.7. The van der Waals surface area contributed by atoms with Crippen LogP contribution in [0.15, 0.2) is 84.9 Å². The molecule has 6 rings (SSSR count). The Morgan fingerprint density at radius 3 is 1.87 bits per heavy atom. The number of esters is 1. The van der Waals surface area contributed by atoms with Crippen LogP contribution in [0, 0.1) is 23.2 Å². The average Bonchev–Trinajstić information content (AvgIpc) is 2.50. The van der Waals surface area contributed by atoms with Gasteiger partial charge in [-0.15, -0.1) is 0 Å². The molecule has 0 aliphatic carbocycles. The number of anilines is 1. The Hall–Kier alpha value is -3.12. The number of nitrogens with zero attached hydrogens (tertiary/aromatic N) is 3. The molecule has 0 aromatic heterocycles. The smallest absolute Gasteiger partial charge is 0.311 e. The number of benzene rings is 3. The number of cyclic esters (lactones) is 1. The number of ether oxygens (including phenoxy) is 6. The monoisotopic (exact) mass is 1160 g/mol. The van der Waals surface area contributed by atoms with Crippen LogP contribution in [0.5, 0.6) is 0 Å². The summed E-state index contributed by atoms with van der Waals surface area (Å²) in [6.45, 7) is 19.3. The quantitative estimate of drug-likeness (QED) is 0.0394. The molecule has 3 aliphatic rings. The minimum absolute atomic E-state index is 0.129. The molecule has 0 saturated carbocycles. The number of rotatable bonds is 21. The second-order valence-electron chi connectivity index (χ2n) is 25.9. The first kappa shape index (κ1) is 68.0. The maximum Gasteiger partial charge on any atom is 0.311 e. The number of aliphatic hydroxyl groups excluding tert-OH is 4. The highest BCUT2D eigenvalue weighted by molar-refractivity contribution is 7.95. The Balaban J connectivity index is 1.26. The topological polar surface area (TPSA) is 183 Å². The van der Waals surface area contributed by atoms with Crippen LogP contribution in [0.3, 0.4) is 0 Å². The van der Waals surface area contributed by atoms with Gasteiger partial charge < -0.3 is 63.8 Å². The van der Waals surface area contributed by atoms with Gasteiger partial charge in [-0.05, 0) is 155 Å². The van der Waals surface area contributed by atoms with E-state index in [0.29, 0.717) is 25.9 Å². The standard InChI is InChI=1S/C66H107N3O12P/c1-16-55-64(8,43-70)59(72)48(6)69(37-27-19-17-18-20-28-38-82(51-29-23-21-24-30-51,52-31-25-22-26-32-52)53-35-33-50(34-36-53)67(11)12)42-44(2)40-65(9,75)61(81-63-57(71)54(68(13)14)39-45(3)77-63)46(4)58(47(5)62(74)79-55)80-56-41-66(10,76-15)60(73)49(7)78-56/h21-26,29-36,44-49,54-61,63,70-73,75H,16-20,27-28,37-43H2,1-15H3/q+1/t44-,45-,46+,47-,48-,49+,54+,55-,56+,57-,58+,59-,60+,61-,63+,64-,65-,66-/m1/s1. The van der Waals surface area contributed by atoms with Gasteiger partial charge in [-0.3, -0.25) is 9.69 Å². The number of carbonyl (C=O) groups excluding carboxylic acids is 1. The number of methoxy groups -OCH3 is 1. The molecule has 15 nitrogen and oxygen atoms in total. The van der Waals surface area contributed by atoms with Crippen molar-refractivity contribution in [2.75, 3.05) is 66.1 Å². The van der Waals surface area contributed by atoms with Gasteiger partial charge in [0.2, 0.25) is 0 Å². The Kier molecular flexibility index (Phi) is 24.9. The van der Waals surface area contributed by atoms with E-state index in [4.69, 9.17) is 28.4 Å². The molecular weight excluding hydrogens is 1060 g/mol. The van der Waals surface area contributed by atoms with Gasteiger partial charge in [0.05, 0.1) is 65.8 Å². The predicted octanol–water partition coefficient (Wildman–Crippen LogP) is 7.92. The van der Waals surface area contributed by atoms with E-state index in [1.165, 1.54) is 28.7 Å². The van der Waals surface area contributed by atoms with Crippen LogP contribution >= 0.6 is 7.26 Å². The van der Waals surface area contributed by atoms with Crippen LogP contribution in [0.1, 0.15) is 133 Å². The van der Waals surface area contributed by atoms with Crippen molar-refractivity contribution in [2.45, 2.75) is 218 Å². The van der Waals surface area contributed by atoms with Gasteiger partial charge in [-0.1, -0.05) is 83.4 Å². The van der Waals surface area contributed by atoms with Crippen LogP contribution < -0.4 is 20.8 Å². The molecule has 3 fully saturated rings. The average molecular weight is 1170 g/mol. The van der Waals surface area contributed by atoms with Crippen LogP contribution in [0.25, 0.3) is 0 Å². The van der Waals surface area contributed by atoms with Gasteiger partial charge in [-0.2, -0.15) is 0 Å². The molecule has 82 heavy (non-hydrogen) atoms. The molecule has 16 heteroatoms. The fourth-order valence-electron chi connectivity index (χ4n) is 13.8. The second-order valence-corrected chi connectivity index (χ2v) is 29.5. The number of hydrogen-bond acceptors (Lipinski definition) is 15. The van der Waals surface area contributed by atoms with E-state index in [0.717, 1.165) is 44.7 Å². The summed E-state index contributed by atoms with van der Waals surface area (Å²) in [6, 6.07) is 30.6.